The minimum absolute atomic E-state index is 0.0487. The summed E-state index contributed by atoms with van der Waals surface area (Å²) < 4.78 is 9.73. The Morgan fingerprint density at radius 2 is 2.11 bits per heavy atom. The zero-order valence-corrected chi connectivity index (χ0v) is 17.4. The predicted molar refractivity (Wildman–Crippen MR) is 98.5 cm³/mol. The topological polar surface area (TPSA) is 138 Å². The first-order valence-electron chi connectivity index (χ1n) is 9.13. The van der Waals surface area contributed by atoms with Crippen molar-refractivity contribution in [2.75, 3.05) is 39.3 Å². The van der Waals surface area contributed by atoms with Crippen molar-refractivity contribution in [3.63, 3.8) is 0 Å². The quantitative estimate of drug-likeness (QED) is 0.151. The number of hydroxylamine groups is 3. The van der Waals surface area contributed by atoms with Gasteiger partial charge in [0.25, 0.3) is 0 Å². The lowest BCUT2D eigenvalue weighted by Crippen LogP contribution is -2.81. The van der Waals surface area contributed by atoms with Crippen molar-refractivity contribution in [1.29, 1.82) is 0 Å². The fraction of sp³-hybridized carbons (Fsp3) is 0.938. The highest BCUT2D eigenvalue weighted by molar-refractivity contribution is 6.18. The maximum atomic E-state index is 13.2. The van der Waals surface area contributed by atoms with Crippen LogP contribution in [0.3, 0.4) is 0 Å². The van der Waals surface area contributed by atoms with Crippen LogP contribution in [0.2, 0.25) is 0 Å². The van der Waals surface area contributed by atoms with E-state index >= 15 is 0 Å². The summed E-state index contributed by atoms with van der Waals surface area (Å²) in [6.07, 6.45) is -4.62. The number of nitrogens with zero attached hydrogens (tertiary/aromatic N) is 3. The fourth-order valence-electron chi connectivity index (χ4n) is 3.15. The van der Waals surface area contributed by atoms with E-state index < -0.39 is 34.9 Å². The van der Waals surface area contributed by atoms with Crippen molar-refractivity contribution in [2.24, 2.45) is 11.2 Å². The first-order valence-corrected chi connectivity index (χ1v) is 9.66. The third-order valence-electron chi connectivity index (χ3n) is 4.50. The van der Waals surface area contributed by atoms with Crippen LogP contribution in [0.25, 0.3) is 0 Å². The first-order chi connectivity index (χ1) is 13.2. The normalized spacial score (nSPS) is 30.1. The molecule has 0 radical (unpaired) electrons. The molecule has 1 fully saturated rings. The highest BCUT2D eigenvalue weighted by atomic mass is 35.5. The second kappa shape index (κ2) is 10.7. The molecule has 1 aliphatic rings. The molecular weight excluding hydrogens is 398 g/mol. The summed E-state index contributed by atoms with van der Waals surface area (Å²) in [6.45, 7) is 4.82. The molecule has 12 heteroatoms. The maximum absolute atomic E-state index is 13.2. The lowest BCUT2D eigenvalue weighted by molar-refractivity contribution is -1.11. The number of halogens is 1. The molecule has 0 spiro atoms. The van der Waals surface area contributed by atoms with E-state index in [1.54, 1.807) is 6.92 Å². The van der Waals surface area contributed by atoms with Gasteiger partial charge in [0.05, 0.1) is 32.2 Å². The van der Waals surface area contributed by atoms with Gasteiger partial charge in [-0.2, -0.15) is 4.84 Å². The number of ether oxygens (including phenoxy) is 2. The van der Waals surface area contributed by atoms with Crippen LogP contribution in [0, 0.1) is 10.8 Å². The van der Waals surface area contributed by atoms with Crippen molar-refractivity contribution in [3.05, 3.63) is 4.91 Å². The van der Waals surface area contributed by atoms with Crippen LogP contribution in [0.5, 0.6) is 0 Å². The van der Waals surface area contributed by atoms with Crippen LogP contribution >= 0.6 is 11.6 Å². The van der Waals surface area contributed by atoms with E-state index in [9.17, 15) is 25.0 Å². The maximum Gasteiger partial charge on any atom is 0.477 e. The average Bonchev–Trinajstić information content (AvgIpc) is 2.67. The third kappa shape index (κ3) is 4.62. The lowest BCUT2D eigenvalue weighted by Gasteiger charge is -2.51. The molecule has 2 amide bonds. The van der Waals surface area contributed by atoms with Gasteiger partial charge in [-0.05, 0) is 12.3 Å². The summed E-state index contributed by atoms with van der Waals surface area (Å²) in [4.78, 5) is 29.8. The number of amides is 2. The third-order valence-corrected chi connectivity index (χ3v) is 4.67. The van der Waals surface area contributed by atoms with Gasteiger partial charge in [-0.3, -0.25) is 0 Å². The van der Waals surface area contributed by atoms with Crippen LogP contribution in [0.4, 0.5) is 4.79 Å². The van der Waals surface area contributed by atoms with Crippen molar-refractivity contribution in [1.82, 2.24) is 5.01 Å². The molecule has 1 saturated heterocycles. The number of alkyl halides is 1. The van der Waals surface area contributed by atoms with Gasteiger partial charge in [0, 0.05) is 5.88 Å². The molecule has 0 aromatic heterocycles. The van der Waals surface area contributed by atoms with E-state index in [1.165, 1.54) is 0 Å². The number of quaternary nitrogens is 1. The summed E-state index contributed by atoms with van der Waals surface area (Å²) in [5.74, 6) is -0.0479. The summed E-state index contributed by atoms with van der Waals surface area (Å²) in [7, 11) is 1.13. The molecule has 0 aromatic rings. The minimum atomic E-state index is -2.58. The van der Waals surface area contributed by atoms with E-state index in [2.05, 4.69) is 5.29 Å². The molecule has 0 aromatic carbocycles. The van der Waals surface area contributed by atoms with Crippen LogP contribution < -0.4 is 0 Å². The van der Waals surface area contributed by atoms with Gasteiger partial charge in [0.15, 0.2) is 6.10 Å². The highest BCUT2D eigenvalue weighted by Crippen LogP contribution is 2.39. The Morgan fingerprint density at radius 1 is 1.46 bits per heavy atom. The number of hydrogen-bond acceptors (Lipinski definition) is 9. The second-order valence-corrected chi connectivity index (χ2v) is 7.39. The van der Waals surface area contributed by atoms with Crippen LogP contribution in [-0.2, 0) is 14.3 Å². The number of rotatable bonds is 10. The lowest BCUT2D eigenvalue weighted by atomic mass is 9.95. The number of aliphatic hydroxyl groups excluding tert-OH is 2. The largest absolute Gasteiger partial charge is 0.477 e. The number of urea groups is 1. The zero-order valence-electron chi connectivity index (χ0n) is 16.7. The standard InChI is InChI=1S/C16H31ClN3O8/c1-5-8-20(26-4,15(23)19(18-25)7-6-17)16(24)13(22)12(21)10-28-14(16)27-9-11(2)3/h11-14,21-22,24H,5-10H2,1-4H3/q+1/t12-,13-,14+,16-,20?/m1/s1. The number of hydrogen-bond donors (Lipinski definition) is 3. The SMILES string of the molecule is CCC[N+](OC)(C(=O)N(CCCl)N=O)[C@]1(O)[C@@H](OCC(C)C)OC[C@@H](O)[C@H]1O. The molecule has 1 aliphatic heterocycles. The van der Waals surface area contributed by atoms with Crippen LogP contribution in [0.1, 0.15) is 27.2 Å². The predicted octanol–water partition coefficient (Wildman–Crippen LogP) is 0.556. The van der Waals surface area contributed by atoms with Gasteiger partial charge in [-0.15, -0.1) is 21.5 Å². The summed E-state index contributed by atoms with van der Waals surface area (Å²) in [6, 6.07) is -1.07. The van der Waals surface area contributed by atoms with Crippen molar-refractivity contribution >= 4 is 17.6 Å². The van der Waals surface area contributed by atoms with Crippen LogP contribution in [-0.4, -0.2) is 94.5 Å². The zero-order chi connectivity index (χ0) is 21.5. The Balaban J connectivity index is 3.53. The fourth-order valence-corrected chi connectivity index (χ4v) is 3.31. The van der Waals surface area contributed by atoms with Gasteiger partial charge in [-0.25, -0.2) is 4.79 Å². The Bertz CT molecular complexity index is 528. The molecule has 1 unspecified atom stereocenters. The smallest absolute Gasteiger partial charge is 0.388 e. The molecule has 11 nitrogen and oxygen atoms in total. The number of carbonyl (C=O) groups excluding carboxylic acids is 1. The van der Waals surface area contributed by atoms with Gasteiger partial charge >= 0.3 is 11.8 Å². The molecule has 28 heavy (non-hydrogen) atoms. The Morgan fingerprint density at radius 3 is 2.57 bits per heavy atom. The molecule has 5 atom stereocenters. The summed E-state index contributed by atoms with van der Waals surface area (Å²) in [5, 5.41) is 35.6. The monoisotopic (exact) mass is 428 g/mol. The van der Waals surface area contributed by atoms with Gasteiger partial charge in [-0.1, -0.05) is 25.4 Å². The van der Waals surface area contributed by atoms with Gasteiger partial charge in [0.2, 0.25) is 6.29 Å². The van der Waals surface area contributed by atoms with E-state index in [1.807, 2.05) is 13.8 Å². The van der Waals surface area contributed by atoms with Gasteiger partial charge < -0.3 is 24.8 Å². The molecule has 0 aliphatic carbocycles. The van der Waals surface area contributed by atoms with Gasteiger partial charge in [0.1, 0.15) is 12.6 Å². The van der Waals surface area contributed by atoms with E-state index in [4.69, 9.17) is 25.9 Å². The molecular formula is C16H31ClN3O8+. The Labute approximate surface area is 169 Å². The van der Waals surface area contributed by atoms with E-state index in [0.717, 1.165) is 7.11 Å². The molecule has 0 bridgehead atoms. The van der Waals surface area contributed by atoms with E-state index in [0.29, 0.717) is 11.4 Å². The molecule has 1 heterocycles. The minimum Gasteiger partial charge on any atom is -0.388 e. The Hall–Kier alpha value is -0.920. The molecule has 164 valence electrons. The molecule has 1 rings (SSSR count). The number of carbonyl (C=O) groups is 1. The van der Waals surface area contributed by atoms with Crippen molar-refractivity contribution in [3.8, 4) is 0 Å². The number of aliphatic hydroxyl groups is 3. The first kappa shape index (κ1) is 25.1. The Kier molecular flexibility index (Phi) is 9.64. The molecule has 0 saturated carbocycles. The average molecular weight is 429 g/mol. The van der Waals surface area contributed by atoms with Crippen LogP contribution in [0.15, 0.2) is 5.29 Å². The summed E-state index contributed by atoms with van der Waals surface area (Å²) in [5.41, 5.74) is -2.58. The second-order valence-electron chi connectivity index (χ2n) is 7.01. The van der Waals surface area contributed by atoms with E-state index in [-0.39, 0.29) is 38.1 Å². The highest BCUT2D eigenvalue weighted by Gasteiger charge is 2.71. The number of nitroso groups, excluding NO2 is 1. The molecule has 3 N–H and O–H groups in total. The van der Waals surface area contributed by atoms with Crippen molar-refractivity contribution < 1.29 is 39.1 Å². The summed E-state index contributed by atoms with van der Waals surface area (Å²) >= 11 is 5.63. The van der Waals surface area contributed by atoms with Crippen molar-refractivity contribution in [2.45, 2.75) is 51.4 Å².